The number of amides is 1. The summed E-state index contributed by atoms with van der Waals surface area (Å²) in [5.74, 6) is -0.550. The highest BCUT2D eigenvalue weighted by Crippen LogP contribution is 2.09. The Morgan fingerprint density at radius 1 is 1.50 bits per heavy atom. The van der Waals surface area contributed by atoms with Crippen molar-refractivity contribution in [3.05, 3.63) is 34.9 Å². The molecule has 1 aromatic rings. The van der Waals surface area contributed by atoms with Gasteiger partial charge in [0.05, 0.1) is 6.61 Å². The zero-order chi connectivity index (χ0) is 10.6. The minimum atomic E-state index is -0.550. The van der Waals surface area contributed by atoms with Crippen molar-refractivity contribution in [1.29, 1.82) is 0 Å². The molecule has 0 heterocycles. The molecule has 1 amide bonds. The van der Waals surface area contributed by atoms with Crippen LogP contribution in [0.3, 0.4) is 0 Å². The van der Waals surface area contributed by atoms with Gasteiger partial charge < -0.3 is 10.5 Å². The fourth-order valence-corrected chi connectivity index (χ4v) is 1.18. The molecule has 0 aliphatic heterocycles. The number of hydrogen-bond acceptors (Lipinski definition) is 3. The average Bonchev–Trinajstić information content (AvgIpc) is 2.17. The van der Waals surface area contributed by atoms with Gasteiger partial charge in [0, 0.05) is 18.2 Å². The molecule has 0 aliphatic carbocycles. The van der Waals surface area contributed by atoms with E-state index in [0.29, 0.717) is 24.0 Å². The van der Waals surface area contributed by atoms with Gasteiger partial charge in [-0.05, 0) is 23.8 Å². The summed E-state index contributed by atoms with van der Waals surface area (Å²) in [4.78, 5) is 21.4. The second-order valence-electron chi connectivity index (χ2n) is 2.88. The van der Waals surface area contributed by atoms with E-state index in [2.05, 4.69) is 0 Å². The van der Waals surface area contributed by atoms with Gasteiger partial charge in [0.2, 0.25) is 5.91 Å². The number of rotatable bonds is 4. The van der Waals surface area contributed by atoms with E-state index in [1.807, 2.05) is 0 Å². The molecule has 1 aromatic carbocycles. The molecular weight excluding hydrogens is 182 g/mol. The van der Waals surface area contributed by atoms with Crippen molar-refractivity contribution in [2.45, 2.75) is 6.61 Å². The fraction of sp³-hybridized carbons (Fsp3) is 0.200. The normalized spacial score (nSPS) is 9.79. The monoisotopic (exact) mass is 193 g/mol. The number of carbonyl (C=O) groups is 2. The summed E-state index contributed by atoms with van der Waals surface area (Å²) in [5.41, 5.74) is 6.61. The van der Waals surface area contributed by atoms with Crippen molar-refractivity contribution in [1.82, 2.24) is 0 Å². The molecule has 74 valence electrons. The van der Waals surface area contributed by atoms with Crippen LogP contribution in [0.4, 0.5) is 0 Å². The van der Waals surface area contributed by atoms with Crippen molar-refractivity contribution >= 4 is 12.2 Å². The third-order valence-corrected chi connectivity index (χ3v) is 1.75. The van der Waals surface area contributed by atoms with Gasteiger partial charge in [0.15, 0.2) is 0 Å². The molecule has 4 heteroatoms. The second-order valence-corrected chi connectivity index (χ2v) is 2.88. The summed E-state index contributed by atoms with van der Waals surface area (Å²) in [6.07, 6.45) is 0.672. The summed E-state index contributed by atoms with van der Waals surface area (Å²) in [5, 5.41) is 0. The molecule has 0 aromatic heterocycles. The zero-order valence-electron chi connectivity index (χ0n) is 7.82. The Morgan fingerprint density at radius 2 is 2.21 bits per heavy atom. The van der Waals surface area contributed by atoms with E-state index in [1.165, 1.54) is 13.2 Å². The molecular formula is C10H11NO3. The van der Waals surface area contributed by atoms with E-state index >= 15 is 0 Å². The Bertz CT molecular complexity index is 360. The van der Waals surface area contributed by atoms with Gasteiger partial charge >= 0.3 is 0 Å². The molecule has 0 saturated carbocycles. The van der Waals surface area contributed by atoms with Crippen molar-refractivity contribution in [2.24, 2.45) is 5.73 Å². The lowest BCUT2D eigenvalue weighted by atomic mass is 10.1. The molecule has 0 saturated heterocycles. The van der Waals surface area contributed by atoms with Gasteiger partial charge in [0.1, 0.15) is 6.29 Å². The van der Waals surface area contributed by atoms with E-state index in [0.717, 1.165) is 5.56 Å². The van der Waals surface area contributed by atoms with Crippen LogP contribution in [-0.4, -0.2) is 19.3 Å². The molecule has 14 heavy (non-hydrogen) atoms. The largest absolute Gasteiger partial charge is 0.380 e. The quantitative estimate of drug-likeness (QED) is 0.717. The Labute approximate surface area is 81.7 Å². The predicted octanol–water partition coefficient (Wildman–Crippen LogP) is 0.744. The van der Waals surface area contributed by atoms with Gasteiger partial charge in [-0.15, -0.1) is 0 Å². The molecule has 0 fully saturated rings. The van der Waals surface area contributed by atoms with Crippen LogP contribution in [0.2, 0.25) is 0 Å². The number of benzene rings is 1. The van der Waals surface area contributed by atoms with Gasteiger partial charge in [-0.2, -0.15) is 0 Å². The first-order valence-corrected chi connectivity index (χ1v) is 4.05. The molecule has 0 bridgehead atoms. The van der Waals surface area contributed by atoms with Crippen molar-refractivity contribution in [3.63, 3.8) is 0 Å². The molecule has 0 aliphatic rings. The van der Waals surface area contributed by atoms with Crippen LogP contribution >= 0.6 is 0 Å². The Hall–Kier alpha value is -1.68. The third kappa shape index (κ3) is 2.40. The summed E-state index contributed by atoms with van der Waals surface area (Å²) in [6, 6.07) is 4.72. The molecule has 0 atom stereocenters. The lowest BCUT2D eigenvalue weighted by Gasteiger charge is -2.03. The van der Waals surface area contributed by atoms with Gasteiger partial charge in [0.25, 0.3) is 0 Å². The third-order valence-electron chi connectivity index (χ3n) is 1.75. The number of ether oxygens (including phenoxy) is 1. The first kappa shape index (κ1) is 10.4. The predicted molar refractivity (Wildman–Crippen MR) is 51.1 cm³/mol. The smallest absolute Gasteiger partial charge is 0.248 e. The van der Waals surface area contributed by atoms with Gasteiger partial charge in [-0.3, -0.25) is 9.59 Å². The molecule has 2 N–H and O–H groups in total. The van der Waals surface area contributed by atoms with Crippen molar-refractivity contribution in [3.8, 4) is 0 Å². The summed E-state index contributed by atoms with van der Waals surface area (Å²) < 4.78 is 4.89. The van der Waals surface area contributed by atoms with E-state index in [1.54, 1.807) is 12.1 Å². The summed E-state index contributed by atoms with van der Waals surface area (Å²) in [6.45, 7) is 0.349. The van der Waals surface area contributed by atoms with E-state index in [9.17, 15) is 9.59 Å². The van der Waals surface area contributed by atoms with Crippen molar-refractivity contribution < 1.29 is 14.3 Å². The van der Waals surface area contributed by atoms with Crippen LogP contribution in [0.1, 0.15) is 26.3 Å². The standard InChI is InChI=1S/C10H11NO3/c1-14-6-8-2-7(5-12)3-9(4-8)10(11)13/h2-5H,6H2,1H3,(H2,11,13). The molecule has 0 unspecified atom stereocenters. The molecule has 4 nitrogen and oxygen atoms in total. The zero-order valence-corrected chi connectivity index (χ0v) is 7.82. The highest BCUT2D eigenvalue weighted by molar-refractivity contribution is 5.94. The highest BCUT2D eigenvalue weighted by Gasteiger charge is 2.04. The van der Waals surface area contributed by atoms with Crippen LogP contribution in [0.15, 0.2) is 18.2 Å². The number of aldehydes is 1. The SMILES string of the molecule is COCc1cc(C=O)cc(C(N)=O)c1. The maximum atomic E-state index is 10.9. The minimum absolute atomic E-state index is 0.321. The minimum Gasteiger partial charge on any atom is -0.380 e. The van der Waals surface area contributed by atoms with Gasteiger partial charge in [-0.1, -0.05) is 0 Å². The highest BCUT2D eigenvalue weighted by atomic mass is 16.5. The Morgan fingerprint density at radius 3 is 2.71 bits per heavy atom. The van der Waals surface area contributed by atoms with Gasteiger partial charge in [-0.25, -0.2) is 0 Å². The Kier molecular flexibility index (Phi) is 3.36. The molecule has 0 spiro atoms. The molecule has 0 radical (unpaired) electrons. The van der Waals surface area contributed by atoms with Crippen LogP contribution < -0.4 is 5.73 Å². The number of nitrogens with two attached hydrogens (primary N) is 1. The number of carbonyl (C=O) groups excluding carboxylic acids is 2. The van der Waals surface area contributed by atoms with Crippen LogP contribution in [0.5, 0.6) is 0 Å². The van der Waals surface area contributed by atoms with E-state index < -0.39 is 5.91 Å². The van der Waals surface area contributed by atoms with E-state index in [-0.39, 0.29) is 0 Å². The molecule has 1 rings (SSSR count). The number of hydrogen-bond donors (Lipinski definition) is 1. The van der Waals surface area contributed by atoms with Crippen LogP contribution in [0, 0.1) is 0 Å². The topological polar surface area (TPSA) is 69.4 Å². The summed E-state index contributed by atoms with van der Waals surface area (Å²) >= 11 is 0. The van der Waals surface area contributed by atoms with Crippen molar-refractivity contribution in [2.75, 3.05) is 7.11 Å². The fourth-order valence-electron chi connectivity index (χ4n) is 1.18. The van der Waals surface area contributed by atoms with Crippen LogP contribution in [0.25, 0.3) is 0 Å². The number of primary amides is 1. The summed E-state index contributed by atoms with van der Waals surface area (Å²) in [7, 11) is 1.54. The second kappa shape index (κ2) is 4.53. The Balaban J connectivity index is 3.12. The first-order valence-electron chi connectivity index (χ1n) is 4.05. The van der Waals surface area contributed by atoms with E-state index in [4.69, 9.17) is 10.5 Å². The lowest BCUT2D eigenvalue weighted by molar-refractivity contribution is 0.1000. The lowest BCUT2D eigenvalue weighted by Crippen LogP contribution is -2.12. The maximum absolute atomic E-state index is 10.9. The first-order chi connectivity index (χ1) is 6.67. The van der Waals surface area contributed by atoms with Crippen LogP contribution in [-0.2, 0) is 11.3 Å². The number of methoxy groups -OCH3 is 1. The average molecular weight is 193 g/mol. The maximum Gasteiger partial charge on any atom is 0.248 e.